The first kappa shape index (κ1) is 15.6. The van der Waals surface area contributed by atoms with Gasteiger partial charge in [-0.3, -0.25) is 4.79 Å². The van der Waals surface area contributed by atoms with Crippen LogP contribution < -0.4 is 22.1 Å². The molecule has 1 aliphatic heterocycles. The molecule has 2 aromatic heterocycles. The number of nitrogens with zero attached hydrogens (tertiary/aromatic N) is 6. The van der Waals surface area contributed by atoms with Crippen molar-refractivity contribution in [1.82, 2.24) is 19.9 Å². The van der Waals surface area contributed by atoms with Crippen LogP contribution in [0.15, 0.2) is 23.7 Å². The molecule has 0 atom stereocenters. The van der Waals surface area contributed by atoms with Crippen LogP contribution in [0.5, 0.6) is 0 Å². The minimum absolute atomic E-state index is 0.0208. The average molecular weight is 327 g/mol. The third-order valence-electron chi connectivity index (χ3n) is 3.58. The number of hydrogen-bond donors (Lipinski definition) is 3. The molecule has 0 bridgehead atoms. The number of amides is 1. The number of carbonyl (C=O) groups excluding carboxylic acids is 1. The molecule has 124 valence electrons. The topological polar surface area (TPSA) is 162 Å². The Labute approximate surface area is 137 Å². The van der Waals surface area contributed by atoms with Gasteiger partial charge in [-0.2, -0.15) is 4.99 Å². The molecule has 24 heavy (non-hydrogen) atoms. The molecule has 6 N–H and O–H groups in total. The predicted octanol–water partition coefficient (Wildman–Crippen LogP) is -0.470. The van der Waals surface area contributed by atoms with Crippen LogP contribution in [0.2, 0.25) is 0 Å². The minimum atomic E-state index is -0.744. The van der Waals surface area contributed by atoms with Gasteiger partial charge in [0.25, 0.3) is 0 Å². The molecule has 0 spiro atoms. The number of guanidine groups is 1. The fraction of sp³-hybridized carbons (Fsp3) is 0.286. The van der Waals surface area contributed by atoms with Crippen LogP contribution in [0.25, 0.3) is 11.3 Å². The van der Waals surface area contributed by atoms with Gasteiger partial charge in [0.15, 0.2) is 23.3 Å². The van der Waals surface area contributed by atoms with Gasteiger partial charge in [0, 0.05) is 31.0 Å². The standard InChI is InChI=1S/C14H17N9O/c15-11-10(13(24)22-14(16)17)20-9(8-5-18-7-19-6-8)12(21-11)23-3-1-2-4-23/h5-7H,1-4H2,(H2,15,21)(H4,16,17,22,24). The number of aromatic nitrogens is 4. The summed E-state index contributed by atoms with van der Waals surface area (Å²) in [5.74, 6) is -0.533. The van der Waals surface area contributed by atoms with E-state index in [2.05, 4.69) is 29.8 Å². The van der Waals surface area contributed by atoms with Crippen molar-refractivity contribution in [3.63, 3.8) is 0 Å². The SMILES string of the molecule is NC(N)=NC(=O)c1nc(-c2cncnc2)c(N2CCCC2)nc1N. The summed E-state index contributed by atoms with van der Waals surface area (Å²) in [6, 6.07) is 0. The van der Waals surface area contributed by atoms with Crippen LogP contribution in [-0.4, -0.2) is 44.9 Å². The fourth-order valence-electron chi connectivity index (χ4n) is 2.53. The highest BCUT2D eigenvalue weighted by atomic mass is 16.1. The molecular weight excluding hydrogens is 310 g/mol. The van der Waals surface area contributed by atoms with Crippen molar-refractivity contribution >= 4 is 23.5 Å². The summed E-state index contributed by atoms with van der Waals surface area (Å²) >= 11 is 0. The Morgan fingerprint density at radius 2 is 1.79 bits per heavy atom. The van der Waals surface area contributed by atoms with Gasteiger partial charge >= 0.3 is 5.91 Å². The highest BCUT2D eigenvalue weighted by molar-refractivity contribution is 6.03. The molecule has 1 fully saturated rings. The molecule has 0 unspecified atom stereocenters. The van der Waals surface area contributed by atoms with Gasteiger partial charge in [0.05, 0.1) is 0 Å². The summed E-state index contributed by atoms with van der Waals surface area (Å²) in [5, 5.41) is 0. The second kappa shape index (κ2) is 6.44. The highest BCUT2D eigenvalue weighted by Gasteiger charge is 2.24. The Hall–Kier alpha value is -3.30. The van der Waals surface area contributed by atoms with Crippen LogP contribution in [0.4, 0.5) is 11.6 Å². The maximum atomic E-state index is 12.1. The van der Waals surface area contributed by atoms with Gasteiger partial charge in [-0.15, -0.1) is 0 Å². The quantitative estimate of drug-likeness (QED) is 0.499. The van der Waals surface area contributed by atoms with Gasteiger partial charge < -0.3 is 22.1 Å². The molecule has 10 nitrogen and oxygen atoms in total. The first-order valence-electron chi connectivity index (χ1n) is 7.38. The average Bonchev–Trinajstić information content (AvgIpc) is 3.09. The van der Waals surface area contributed by atoms with Crippen molar-refractivity contribution in [3.05, 3.63) is 24.4 Å². The Bertz CT molecular complexity index is 780. The second-order valence-electron chi connectivity index (χ2n) is 5.29. The molecule has 0 saturated carbocycles. The Balaban J connectivity index is 2.15. The van der Waals surface area contributed by atoms with Crippen molar-refractivity contribution in [2.24, 2.45) is 16.5 Å². The van der Waals surface area contributed by atoms with E-state index in [9.17, 15) is 4.79 Å². The van der Waals surface area contributed by atoms with E-state index in [1.807, 2.05) is 0 Å². The molecule has 0 radical (unpaired) electrons. The summed E-state index contributed by atoms with van der Waals surface area (Å²) in [5.41, 5.74) is 17.4. The maximum Gasteiger partial charge on any atom is 0.302 e. The fourth-order valence-corrected chi connectivity index (χ4v) is 2.53. The second-order valence-corrected chi connectivity index (χ2v) is 5.29. The van der Waals surface area contributed by atoms with E-state index in [1.54, 1.807) is 12.4 Å². The summed E-state index contributed by atoms with van der Waals surface area (Å²) < 4.78 is 0. The van der Waals surface area contributed by atoms with E-state index in [4.69, 9.17) is 17.2 Å². The first-order chi connectivity index (χ1) is 11.6. The summed E-state index contributed by atoms with van der Waals surface area (Å²) in [6.07, 6.45) is 6.72. The number of nitrogen functional groups attached to an aromatic ring is 1. The number of aliphatic imine (C=N–C) groups is 1. The summed E-state index contributed by atoms with van der Waals surface area (Å²) in [7, 11) is 0. The number of hydrogen-bond acceptors (Lipinski definition) is 7. The van der Waals surface area contributed by atoms with Crippen molar-refractivity contribution in [3.8, 4) is 11.3 Å². The molecular formula is C14H17N9O. The first-order valence-corrected chi connectivity index (χ1v) is 7.38. The Morgan fingerprint density at radius 1 is 1.12 bits per heavy atom. The molecule has 0 aliphatic carbocycles. The van der Waals surface area contributed by atoms with Crippen LogP contribution in [0, 0.1) is 0 Å². The van der Waals surface area contributed by atoms with Crippen LogP contribution in [-0.2, 0) is 0 Å². The molecule has 3 rings (SSSR count). The Kier molecular flexibility index (Phi) is 4.18. The zero-order valence-corrected chi connectivity index (χ0v) is 12.9. The van der Waals surface area contributed by atoms with Crippen LogP contribution in [0.3, 0.4) is 0 Å². The molecule has 1 aliphatic rings. The minimum Gasteiger partial charge on any atom is -0.382 e. The lowest BCUT2D eigenvalue weighted by Gasteiger charge is -2.20. The molecule has 10 heteroatoms. The van der Waals surface area contributed by atoms with Crippen LogP contribution >= 0.6 is 0 Å². The monoisotopic (exact) mass is 327 g/mol. The van der Waals surface area contributed by atoms with Crippen molar-refractivity contribution in [2.45, 2.75) is 12.8 Å². The van der Waals surface area contributed by atoms with Crippen molar-refractivity contribution in [2.75, 3.05) is 23.7 Å². The summed E-state index contributed by atoms with van der Waals surface area (Å²) in [6.45, 7) is 1.69. The smallest absolute Gasteiger partial charge is 0.302 e. The zero-order chi connectivity index (χ0) is 17.1. The molecule has 0 aromatic carbocycles. The molecule has 1 amide bonds. The molecule has 1 saturated heterocycles. The maximum absolute atomic E-state index is 12.1. The van der Waals surface area contributed by atoms with Gasteiger partial charge in [0.2, 0.25) is 0 Å². The highest BCUT2D eigenvalue weighted by Crippen LogP contribution is 2.30. The third-order valence-corrected chi connectivity index (χ3v) is 3.58. The van der Waals surface area contributed by atoms with Gasteiger partial charge in [-0.05, 0) is 12.8 Å². The normalized spacial score (nSPS) is 13.8. The number of nitrogens with two attached hydrogens (primary N) is 3. The van der Waals surface area contributed by atoms with Gasteiger partial charge in [-0.25, -0.2) is 19.9 Å². The summed E-state index contributed by atoms with van der Waals surface area (Å²) in [4.78, 5) is 34.4. The number of rotatable bonds is 3. The van der Waals surface area contributed by atoms with E-state index in [-0.39, 0.29) is 17.5 Å². The lowest BCUT2D eigenvalue weighted by molar-refractivity contribution is 0.0998. The van der Waals surface area contributed by atoms with E-state index in [0.29, 0.717) is 17.1 Å². The predicted molar refractivity (Wildman–Crippen MR) is 89.1 cm³/mol. The van der Waals surface area contributed by atoms with E-state index in [1.165, 1.54) is 6.33 Å². The molecule has 3 heterocycles. The number of anilines is 2. The number of carbonyl (C=O) groups is 1. The Morgan fingerprint density at radius 3 is 2.42 bits per heavy atom. The van der Waals surface area contributed by atoms with E-state index < -0.39 is 5.91 Å². The largest absolute Gasteiger partial charge is 0.382 e. The van der Waals surface area contributed by atoms with Gasteiger partial charge in [0.1, 0.15) is 12.0 Å². The van der Waals surface area contributed by atoms with Crippen molar-refractivity contribution in [1.29, 1.82) is 0 Å². The van der Waals surface area contributed by atoms with E-state index in [0.717, 1.165) is 25.9 Å². The van der Waals surface area contributed by atoms with E-state index >= 15 is 0 Å². The van der Waals surface area contributed by atoms with Crippen molar-refractivity contribution < 1.29 is 4.79 Å². The molecule has 2 aromatic rings. The van der Waals surface area contributed by atoms with Crippen LogP contribution in [0.1, 0.15) is 23.3 Å². The lowest BCUT2D eigenvalue weighted by atomic mass is 10.2. The third kappa shape index (κ3) is 3.07. The lowest BCUT2D eigenvalue weighted by Crippen LogP contribution is -2.25. The zero-order valence-electron chi connectivity index (χ0n) is 12.9. The van der Waals surface area contributed by atoms with Gasteiger partial charge in [-0.1, -0.05) is 0 Å².